The summed E-state index contributed by atoms with van der Waals surface area (Å²) in [5.41, 5.74) is -0.751. The van der Waals surface area contributed by atoms with E-state index in [1.54, 1.807) is 14.0 Å². The molecule has 0 aromatic heterocycles. The highest BCUT2D eigenvalue weighted by atomic mass is 16.7. The quantitative estimate of drug-likeness (QED) is 0.641. The molecule has 2 aromatic rings. The Kier molecular flexibility index (Phi) is 3.47. The summed E-state index contributed by atoms with van der Waals surface area (Å²) in [6.07, 6.45) is -0.618. The van der Waals surface area contributed by atoms with Crippen molar-refractivity contribution >= 4 is 16.7 Å². The summed E-state index contributed by atoms with van der Waals surface area (Å²) in [5, 5.41) is 11.2. The van der Waals surface area contributed by atoms with Crippen molar-refractivity contribution in [3.8, 4) is 11.8 Å². The van der Waals surface area contributed by atoms with Crippen molar-refractivity contribution in [1.82, 2.24) is 0 Å². The SMILES string of the molecule is CCOC(=O)C1(C#N)OC1c1ccc(OC)c2ccccc12. The minimum atomic E-state index is -1.53. The van der Waals surface area contributed by atoms with Crippen molar-refractivity contribution in [2.45, 2.75) is 18.6 Å². The van der Waals surface area contributed by atoms with Crippen molar-refractivity contribution in [1.29, 1.82) is 5.26 Å². The highest BCUT2D eigenvalue weighted by Gasteiger charge is 2.66. The third kappa shape index (κ3) is 2.00. The number of nitrogens with zero attached hydrogens (tertiary/aromatic N) is 1. The number of fused-ring (bicyclic) bond motifs is 1. The maximum absolute atomic E-state index is 12.0. The molecule has 0 bridgehead atoms. The average Bonchev–Trinajstić information content (AvgIpc) is 3.30. The summed E-state index contributed by atoms with van der Waals surface area (Å²) < 4.78 is 15.8. The Morgan fingerprint density at radius 1 is 1.32 bits per heavy atom. The zero-order valence-corrected chi connectivity index (χ0v) is 12.3. The van der Waals surface area contributed by atoms with E-state index >= 15 is 0 Å². The fourth-order valence-electron chi connectivity index (χ4n) is 2.66. The molecule has 112 valence electrons. The minimum absolute atomic E-state index is 0.210. The molecule has 1 saturated heterocycles. The molecule has 1 heterocycles. The van der Waals surface area contributed by atoms with Gasteiger partial charge in [0, 0.05) is 5.39 Å². The van der Waals surface area contributed by atoms with Crippen LogP contribution in [0.1, 0.15) is 18.6 Å². The van der Waals surface area contributed by atoms with Gasteiger partial charge in [-0.15, -0.1) is 0 Å². The average molecular weight is 297 g/mol. The van der Waals surface area contributed by atoms with Crippen LogP contribution in [0.5, 0.6) is 5.75 Å². The lowest BCUT2D eigenvalue weighted by Gasteiger charge is -2.09. The van der Waals surface area contributed by atoms with Gasteiger partial charge in [0.25, 0.3) is 5.60 Å². The smallest absolute Gasteiger partial charge is 0.356 e. The maximum atomic E-state index is 12.0. The van der Waals surface area contributed by atoms with Crippen molar-refractivity contribution in [2.24, 2.45) is 0 Å². The van der Waals surface area contributed by atoms with Gasteiger partial charge >= 0.3 is 5.97 Å². The van der Waals surface area contributed by atoms with E-state index in [1.807, 2.05) is 42.5 Å². The molecule has 5 nitrogen and oxygen atoms in total. The van der Waals surface area contributed by atoms with Gasteiger partial charge in [-0.25, -0.2) is 4.79 Å². The second-order valence-electron chi connectivity index (χ2n) is 4.97. The highest BCUT2D eigenvalue weighted by molar-refractivity contribution is 5.94. The number of hydrogen-bond acceptors (Lipinski definition) is 5. The number of benzene rings is 2. The van der Waals surface area contributed by atoms with Gasteiger partial charge in [0.15, 0.2) is 0 Å². The van der Waals surface area contributed by atoms with E-state index < -0.39 is 17.7 Å². The Labute approximate surface area is 128 Å². The number of esters is 1. The summed E-state index contributed by atoms with van der Waals surface area (Å²) in [6, 6.07) is 13.2. The van der Waals surface area contributed by atoms with Gasteiger partial charge in [-0.1, -0.05) is 30.3 Å². The molecule has 2 atom stereocenters. The summed E-state index contributed by atoms with van der Waals surface area (Å²) in [7, 11) is 1.60. The van der Waals surface area contributed by atoms with Crippen molar-refractivity contribution in [3.63, 3.8) is 0 Å². The van der Waals surface area contributed by atoms with E-state index in [4.69, 9.17) is 14.2 Å². The highest BCUT2D eigenvalue weighted by Crippen LogP contribution is 2.52. The Hall–Kier alpha value is -2.58. The lowest BCUT2D eigenvalue weighted by Crippen LogP contribution is -2.26. The number of nitriles is 1. The number of rotatable bonds is 4. The van der Waals surface area contributed by atoms with E-state index in [9.17, 15) is 10.1 Å². The molecule has 0 spiro atoms. The molecule has 0 N–H and O–H groups in total. The second-order valence-corrected chi connectivity index (χ2v) is 4.97. The zero-order valence-electron chi connectivity index (χ0n) is 12.3. The van der Waals surface area contributed by atoms with Crippen LogP contribution in [0.15, 0.2) is 36.4 Å². The van der Waals surface area contributed by atoms with Crippen LogP contribution in [-0.4, -0.2) is 25.3 Å². The van der Waals surface area contributed by atoms with Gasteiger partial charge in [0.1, 0.15) is 17.9 Å². The third-order valence-electron chi connectivity index (χ3n) is 3.78. The summed E-state index contributed by atoms with van der Waals surface area (Å²) in [5.74, 6) is 0.0982. The number of carbonyl (C=O) groups excluding carboxylic acids is 1. The zero-order chi connectivity index (χ0) is 15.7. The molecular weight excluding hydrogens is 282 g/mol. The van der Waals surface area contributed by atoms with Crippen LogP contribution in [0.4, 0.5) is 0 Å². The predicted molar refractivity (Wildman–Crippen MR) is 79.3 cm³/mol. The van der Waals surface area contributed by atoms with E-state index in [2.05, 4.69) is 0 Å². The van der Waals surface area contributed by atoms with Gasteiger partial charge < -0.3 is 14.2 Å². The van der Waals surface area contributed by atoms with Gasteiger partial charge in [-0.2, -0.15) is 5.26 Å². The Balaban J connectivity index is 2.06. The van der Waals surface area contributed by atoms with Crippen LogP contribution in [0, 0.1) is 11.3 Å². The van der Waals surface area contributed by atoms with Gasteiger partial charge in [-0.3, -0.25) is 0 Å². The molecular formula is C17H15NO4. The topological polar surface area (TPSA) is 71.9 Å². The molecule has 0 radical (unpaired) electrons. The fourth-order valence-corrected chi connectivity index (χ4v) is 2.66. The third-order valence-corrected chi connectivity index (χ3v) is 3.78. The largest absolute Gasteiger partial charge is 0.496 e. The number of epoxide rings is 1. The molecule has 22 heavy (non-hydrogen) atoms. The van der Waals surface area contributed by atoms with Gasteiger partial charge in [0.05, 0.1) is 13.7 Å². The molecule has 2 aromatic carbocycles. The van der Waals surface area contributed by atoms with Crippen LogP contribution in [0.3, 0.4) is 0 Å². The Bertz CT molecular complexity index is 780. The predicted octanol–water partition coefficient (Wildman–Crippen LogP) is 2.75. The molecule has 3 rings (SSSR count). The van der Waals surface area contributed by atoms with Crippen LogP contribution in [-0.2, 0) is 14.3 Å². The van der Waals surface area contributed by atoms with E-state index in [-0.39, 0.29) is 6.61 Å². The first-order chi connectivity index (χ1) is 10.7. The molecule has 5 heteroatoms. The number of ether oxygens (including phenoxy) is 3. The number of methoxy groups -OCH3 is 1. The van der Waals surface area contributed by atoms with E-state index in [0.29, 0.717) is 0 Å². The normalized spacial score (nSPS) is 22.9. The molecule has 1 aliphatic heterocycles. The molecule has 0 amide bonds. The first kappa shape index (κ1) is 14.4. The Morgan fingerprint density at radius 3 is 2.68 bits per heavy atom. The van der Waals surface area contributed by atoms with Gasteiger partial charge in [-0.05, 0) is 23.9 Å². The first-order valence-corrected chi connectivity index (χ1v) is 7.00. The summed E-state index contributed by atoms with van der Waals surface area (Å²) >= 11 is 0. The molecule has 0 aliphatic carbocycles. The van der Waals surface area contributed by atoms with Crippen molar-refractivity contribution in [2.75, 3.05) is 13.7 Å². The van der Waals surface area contributed by atoms with Crippen LogP contribution in [0.2, 0.25) is 0 Å². The molecule has 0 saturated carbocycles. The fraction of sp³-hybridized carbons (Fsp3) is 0.294. The lowest BCUT2D eigenvalue weighted by molar-refractivity contribution is -0.147. The second kappa shape index (κ2) is 5.32. The summed E-state index contributed by atoms with van der Waals surface area (Å²) in [4.78, 5) is 12.0. The molecule has 2 unspecified atom stereocenters. The summed E-state index contributed by atoms with van der Waals surface area (Å²) in [6.45, 7) is 1.91. The van der Waals surface area contributed by atoms with E-state index in [1.165, 1.54) is 0 Å². The van der Waals surface area contributed by atoms with Crippen LogP contribution >= 0.6 is 0 Å². The van der Waals surface area contributed by atoms with Crippen molar-refractivity contribution in [3.05, 3.63) is 42.0 Å². The maximum Gasteiger partial charge on any atom is 0.356 e. The van der Waals surface area contributed by atoms with Crippen LogP contribution in [0.25, 0.3) is 10.8 Å². The van der Waals surface area contributed by atoms with Crippen molar-refractivity contribution < 1.29 is 19.0 Å². The number of carbonyl (C=O) groups is 1. The number of hydrogen-bond donors (Lipinski definition) is 0. The lowest BCUT2D eigenvalue weighted by atomic mass is 9.95. The Morgan fingerprint density at radius 2 is 2.05 bits per heavy atom. The van der Waals surface area contributed by atoms with E-state index in [0.717, 1.165) is 22.1 Å². The monoisotopic (exact) mass is 297 g/mol. The molecule has 1 aliphatic rings. The van der Waals surface area contributed by atoms with Crippen LogP contribution < -0.4 is 4.74 Å². The first-order valence-electron chi connectivity index (χ1n) is 7.00. The van der Waals surface area contributed by atoms with Gasteiger partial charge in [0.2, 0.25) is 0 Å². The standard InChI is InChI=1S/C17H15NO4/c1-3-21-16(19)17(10-18)15(22-17)13-8-9-14(20-2)12-7-5-4-6-11(12)13/h4-9,15H,3H2,1-2H3. The minimum Gasteiger partial charge on any atom is -0.496 e. The molecule has 1 fully saturated rings.